The number of halogens is 1. The number of aromatic nitrogens is 2. The van der Waals surface area contributed by atoms with Crippen molar-refractivity contribution in [3.63, 3.8) is 0 Å². The molecule has 2 rings (SSSR count). The number of aromatic amines is 1. The van der Waals surface area contributed by atoms with Gasteiger partial charge in [0.15, 0.2) is 11.0 Å². The number of ether oxygens (including phenoxy) is 2. The molecule has 2 N–H and O–H groups in total. The van der Waals surface area contributed by atoms with E-state index in [9.17, 15) is 14.4 Å². The fourth-order valence-electron chi connectivity index (χ4n) is 3.31. The lowest BCUT2D eigenvalue weighted by Gasteiger charge is -2.38. The number of nitrogens with one attached hydrogen (secondary N) is 2. The van der Waals surface area contributed by atoms with Gasteiger partial charge in [0.1, 0.15) is 0 Å². The highest BCUT2D eigenvalue weighted by atomic mass is 35.5. The summed E-state index contributed by atoms with van der Waals surface area (Å²) in [5.74, 6) is -0.601. The van der Waals surface area contributed by atoms with Crippen molar-refractivity contribution in [1.29, 1.82) is 0 Å². The first-order chi connectivity index (χ1) is 15.2. The summed E-state index contributed by atoms with van der Waals surface area (Å²) in [6, 6.07) is -0.290. The predicted octanol–water partition coefficient (Wildman–Crippen LogP) is 2.51. The summed E-state index contributed by atoms with van der Waals surface area (Å²) < 4.78 is 10.9. The molecule has 0 unspecified atom stereocenters. The summed E-state index contributed by atoms with van der Waals surface area (Å²) in [6.07, 6.45) is 3.95. The largest absolute Gasteiger partial charge is 0.463 e. The molecule has 0 aliphatic carbocycles. The maximum atomic E-state index is 12.7. The van der Waals surface area contributed by atoms with Crippen LogP contribution in [0.3, 0.4) is 0 Å². The molecule has 0 bridgehead atoms. The molecule has 1 aliphatic rings. The number of carbonyl (C=O) groups is 3. The van der Waals surface area contributed by atoms with Gasteiger partial charge in [-0.05, 0) is 32.1 Å². The quantitative estimate of drug-likeness (QED) is 0.403. The Hall–Kier alpha value is -2.39. The smallest absolute Gasteiger partial charge is 0.330 e. The van der Waals surface area contributed by atoms with Crippen LogP contribution in [0.25, 0.3) is 0 Å². The summed E-state index contributed by atoms with van der Waals surface area (Å²) in [4.78, 5) is 45.4. The fraction of sp³-hybridized carbons (Fsp3) is 0.636. The summed E-state index contributed by atoms with van der Waals surface area (Å²) in [7, 11) is 0. The third kappa shape index (κ3) is 7.63. The summed E-state index contributed by atoms with van der Waals surface area (Å²) >= 11 is 6.05. The second kappa shape index (κ2) is 12.6. The lowest BCUT2D eigenvalue weighted by Crippen LogP contribution is -2.56. The van der Waals surface area contributed by atoms with E-state index in [2.05, 4.69) is 29.1 Å². The van der Waals surface area contributed by atoms with Crippen molar-refractivity contribution < 1.29 is 23.9 Å². The molecule has 1 aliphatic heterocycles. The lowest BCUT2D eigenvalue weighted by molar-refractivity contribution is -0.138. The number of hydrogen-bond acceptors (Lipinski definition) is 6. The number of aryl methyl sites for hydroxylation is 1. The van der Waals surface area contributed by atoms with Crippen LogP contribution in [0.5, 0.6) is 0 Å². The van der Waals surface area contributed by atoms with Crippen molar-refractivity contribution in [2.45, 2.75) is 59.1 Å². The molecule has 0 saturated carbocycles. The third-order valence-electron chi connectivity index (χ3n) is 5.16. The molecule has 1 aromatic rings. The molecule has 0 spiro atoms. The summed E-state index contributed by atoms with van der Waals surface area (Å²) in [5.41, 5.74) is 0.704. The van der Waals surface area contributed by atoms with E-state index in [4.69, 9.17) is 21.1 Å². The number of piperidine rings is 1. The standard InChI is InChI=1S/C22H33ClN4O5/c1-5-15-20(23)26-21(24-15)22(30)25-16-9-11-27(13-17(16)32-12-10-14(3)4)18(28)7-8-19(29)31-6-2/h7-8,14,16-17H,5-6,9-13H2,1-4H3,(H,24,26)(H,25,30)/t16-,17+/m1/s1. The molecule has 1 aromatic heterocycles. The van der Waals surface area contributed by atoms with Gasteiger partial charge in [-0.1, -0.05) is 32.4 Å². The molecule has 2 atom stereocenters. The van der Waals surface area contributed by atoms with E-state index in [0.717, 1.165) is 12.5 Å². The Kier molecular flexibility index (Phi) is 10.2. The maximum Gasteiger partial charge on any atom is 0.330 e. The SMILES string of the molecule is CCOC(=O)C=CC(=O)N1CC[C@@H](NC(=O)c2nc(Cl)c(CC)[nH]2)[C@@H](OCCC(C)C)C1. The van der Waals surface area contributed by atoms with Crippen molar-refractivity contribution in [1.82, 2.24) is 20.2 Å². The molecule has 1 saturated heterocycles. The number of rotatable bonds is 10. The Labute approximate surface area is 193 Å². The maximum absolute atomic E-state index is 12.7. The van der Waals surface area contributed by atoms with E-state index in [0.29, 0.717) is 44.1 Å². The van der Waals surface area contributed by atoms with E-state index in [1.54, 1.807) is 11.8 Å². The minimum atomic E-state index is -0.559. The fourth-order valence-corrected chi connectivity index (χ4v) is 3.57. The third-order valence-corrected chi connectivity index (χ3v) is 5.47. The van der Waals surface area contributed by atoms with Crippen LogP contribution >= 0.6 is 11.6 Å². The summed E-state index contributed by atoms with van der Waals surface area (Å²) in [5, 5.41) is 3.26. The zero-order valence-corrected chi connectivity index (χ0v) is 19.9. The van der Waals surface area contributed by atoms with Gasteiger partial charge in [0, 0.05) is 31.8 Å². The van der Waals surface area contributed by atoms with Crippen molar-refractivity contribution in [2.24, 2.45) is 5.92 Å². The van der Waals surface area contributed by atoms with Gasteiger partial charge in [-0.15, -0.1) is 0 Å². The van der Waals surface area contributed by atoms with Crippen LogP contribution < -0.4 is 5.32 Å². The van der Waals surface area contributed by atoms with Gasteiger partial charge in [-0.3, -0.25) is 9.59 Å². The lowest BCUT2D eigenvalue weighted by atomic mass is 10.0. The second-order valence-corrected chi connectivity index (χ2v) is 8.40. The molecule has 10 heteroatoms. The van der Waals surface area contributed by atoms with Crippen LogP contribution in [-0.2, 0) is 25.5 Å². The Morgan fingerprint density at radius 3 is 2.69 bits per heavy atom. The van der Waals surface area contributed by atoms with E-state index in [-0.39, 0.29) is 41.5 Å². The highest BCUT2D eigenvalue weighted by molar-refractivity contribution is 6.30. The number of hydrogen-bond donors (Lipinski definition) is 2. The second-order valence-electron chi connectivity index (χ2n) is 8.04. The number of carbonyl (C=O) groups excluding carboxylic acids is 3. The average Bonchev–Trinajstić information content (AvgIpc) is 3.13. The molecule has 178 valence electrons. The zero-order chi connectivity index (χ0) is 23.7. The minimum Gasteiger partial charge on any atom is -0.463 e. The van der Waals surface area contributed by atoms with Crippen LogP contribution in [0.15, 0.2) is 12.2 Å². The Morgan fingerprint density at radius 1 is 1.31 bits per heavy atom. The van der Waals surface area contributed by atoms with Gasteiger partial charge in [0.05, 0.1) is 24.4 Å². The van der Waals surface area contributed by atoms with Crippen molar-refractivity contribution >= 4 is 29.4 Å². The average molecular weight is 469 g/mol. The molecule has 1 fully saturated rings. The van der Waals surface area contributed by atoms with Gasteiger partial charge in [-0.2, -0.15) is 0 Å². The number of imidazole rings is 1. The number of likely N-dealkylation sites (tertiary alicyclic amines) is 1. The minimum absolute atomic E-state index is 0.156. The number of esters is 1. The molecule has 9 nitrogen and oxygen atoms in total. The molecular formula is C22H33ClN4O5. The normalized spacial score (nSPS) is 18.9. The number of amides is 2. The van der Waals surface area contributed by atoms with Gasteiger partial charge in [0.25, 0.3) is 5.91 Å². The van der Waals surface area contributed by atoms with Gasteiger partial charge in [-0.25, -0.2) is 9.78 Å². The van der Waals surface area contributed by atoms with Crippen LogP contribution in [0.1, 0.15) is 56.8 Å². The van der Waals surface area contributed by atoms with E-state index >= 15 is 0 Å². The Bertz CT molecular complexity index is 823. The first kappa shape index (κ1) is 25.9. The summed E-state index contributed by atoms with van der Waals surface area (Å²) in [6.45, 7) is 9.30. The molecule has 0 aromatic carbocycles. The van der Waals surface area contributed by atoms with Gasteiger partial charge < -0.3 is 24.7 Å². The number of nitrogens with zero attached hydrogens (tertiary/aromatic N) is 2. The first-order valence-electron chi connectivity index (χ1n) is 11.1. The van der Waals surface area contributed by atoms with E-state index in [1.807, 2.05) is 6.92 Å². The van der Waals surface area contributed by atoms with Crippen LogP contribution in [0, 0.1) is 5.92 Å². The molecule has 2 heterocycles. The predicted molar refractivity (Wildman–Crippen MR) is 120 cm³/mol. The molecular weight excluding hydrogens is 436 g/mol. The monoisotopic (exact) mass is 468 g/mol. The van der Waals surface area contributed by atoms with Crippen molar-refractivity contribution in [3.8, 4) is 0 Å². The van der Waals surface area contributed by atoms with Crippen LogP contribution in [-0.4, -0.2) is 71.1 Å². The first-order valence-corrected chi connectivity index (χ1v) is 11.4. The van der Waals surface area contributed by atoms with Crippen LogP contribution in [0.2, 0.25) is 5.15 Å². The van der Waals surface area contributed by atoms with Crippen LogP contribution in [0.4, 0.5) is 0 Å². The van der Waals surface area contributed by atoms with Gasteiger partial charge in [0.2, 0.25) is 5.91 Å². The van der Waals surface area contributed by atoms with E-state index in [1.165, 1.54) is 6.08 Å². The number of H-pyrrole nitrogens is 1. The van der Waals surface area contributed by atoms with Crippen molar-refractivity contribution in [3.05, 3.63) is 28.8 Å². The highest BCUT2D eigenvalue weighted by Gasteiger charge is 2.33. The van der Waals surface area contributed by atoms with Gasteiger partial charge >= 0.3 is 5.97 Å². The molecule has 32 heavy (non-hydrogen) atoms. The molecule has 0 radical (unpaired) electrons. The highest BCUT2D eigenvalue weighted by Crippen LogP contribution is 2.18. The zero-order valence-electron chi connectivity index (χ0n) is 19.2. The topological polar surface area (TPSA) is 114 Å². The van der Waals surface area contributed by atoms with E-state index < -0.39 is 5.97 Å². The molecule has 2 amide bonds. The van der Waals surface area contributed by atoms with Crippen molar-refractivity contribution in [2.75, 3.05) is 26.3 Å². The Balaban J connectivity index is 2.05. The Morgan fingerprint density at radius 2 is 2.06 bits per heavy atom.